The van der Waals surface area contributed by atoms with Crippen molar-refractivity contribution in [2.45, 2.75) is 167 Å². The quantitative estimate of drug-likeness (QED) is 0.0308. The molecular formula is C40H68N2O7. The van der Waals surface area contributed by atoms with Crippen molar-refractivity contribution in [3.8, 4) is 0 Å². The standard InChI is InChI=1S/C40H68N2O7/c1-3-5-7-9-11-13-14-15-16-17-19-24-28-32-39(46)49-35(29-25-21-18-12-10-8-6-4-2)30-26-22-20-23-27-31-37(44)41-33-38(45)42-36(34-43)40(47)48/h5,7,11,13,15-16,19,24,35-36,43H,3-4,6,8-10,12,14,17-18,20-23,25-34H2,1-2H3,(H,41,44)(H,42,45)(H,47,48)/b7-5-,13-11-,16-15-,24-19-. The number of carbonyl (C=O) groups is 4. The van der Waals surface area contributed by atoms with Gasteiger partial charge in [0.1, 0.15) is 12.1 Å². The second-order valence-electron chi connectivity index (χ2n) is 12.6. The van der Waals surface area contributed by atoms with E-state index < -0.39 is 24.5 Å². The summed E-state index contributed by atoms with van der Waals surface area (Å²) in [5.74, 6) is -2.39. The summed E-state index contributed by atoms with van der Waals surface area (Å²) in [5.41, 5.74) is 0. The van der Waals surface area contributed by atoms with Gasteiger partial charge in [0.25, 0.3) is 0 Å². The van der Waals surface area contributed by atoms with Crippen LogP contribution in [0, 0.1) is 0 Å². The number of carbonyl (C=O) groups excluding carboxylic acids is 3. The van der Waals surface area contributed by atoms with Crippen molar-refractivity contribution in [2.75, 3.05) is 13.2 Å². The fourth-order valence-corrected chi connectivity index (χ4v) is 5.20. The summed E-state index contributed by atoms with van der Waals surface area (Å²) in [7, 11) is 0. The Hall–Kier alpha value is -3.20. The highest BCUT2D eigenvalue weighted by Crippen LogP contribution is 2.18. The average Bonchev–Trinajstić information content (AvgIpc) is 3.08. The third-order valence-corrected chi connectivity index (χ3v) is 8.10. The Labute approximate surface area is 297 Å². The highest BCUT2D eigenvalue weighted by Gasteiger charge is 2.19. The number of aliphatic hydroxyl groups excluding tert-OH is 1. The van der Waals surface area contributed by atoms with Crippen LogP contribution in [-0.4, -0.2) is 59.3 Å². The summed E-state index contributed by atoms with van der Waals surface area (Å²) in [4.78, 5) is 47.3. The molecule has 0 aromatic rings. The smallest absolute Gasteiger partial charge is 0.328 e. The van der Waals surface area contributed by atoms with Gasteiger partial charge in [-0.1, -0.05) is 127 Å². The Balaban J connectivity index is 4.36. The van der Waals surface area contributed by atoms with Gasteiger partial charge in [0, 0.05) is 12.8 Å². The number of aliphatic carboxylic acids is 1. The first-order valence-corrected chi connectivity index (χ1v) is 19.0. The van der Waals surface area contributed by atoms with Crippen molar-refractivity contribution in [1.29, 1.82) is 0 Å². The number of amides is 2. The summed E-state index contributed by atoms with van der Waals surface area (Å²) in [6, 6.07) is -1.39. The largest absolute Gasteiger partial charge is 0.480 e. The molecule has 0 aromatic carbocycles. The van der Waals surface area contributed by atoms with E-state index in [-0.39, 0.29) is 30.9 Å². The Morgan fingerprint density at radius 1 is 0.633 bits per heavy atom. The first-order valence-electron chi connectivity index (χ1n) is 19.0. The fraction of sp³-hybridized carbons (Fsp3) is 0.700. The lowest BCUT2D eigenvalue weighted by molar-refractivity contribution is -0.149. The van der Waals surface area contributed by atoms with Gasteiger partial charge in [-0.15, -0.1) is 0 Å². The minimum atomic E-state index is -1.39. The van der Waals surface area contributed by atoms with Crippen LogP contribution >= 0.6 is 0 Å². The number of carboxylic acid groups (broad SMARTS) is 1. The van der Waals surface area contributed by atoms with Gasteiger partial charge in [-0.05, 0) is 64.2 Å². The molecule has 0 bridgehead atoms. The predicted molar refractivity (Wildman–Crippen MR) is 199 cm³/mol. The second kappa shape index (κ2) is 34.7. The summed E-state index contributed by atoms with van der Waals surface area (Å²) < 4.78 is 5.94. The van der Waals surface area contributed by atoms with Gasteiger partial charge in [0.2, 0.25) is 11.8 Å². The molecule has 4 N–H and O–H groups in total. The normalized spacial score (nSPS) is 13.0. The zero-order chi connectivity index (χ0) is 36.2. The SMILES string of the molecule is CC/C=C\C/C=C\C/C=C\C/C=C\CCC(=O)OC(CCCCCCCCCC)CCCCCCCC(=O)NCC(=O)NC(CO)C(=O)O. The number of aliphatic hydroxyl groups is 1. The molecule has 0 aromatic heterocycles. The molecule has 2 atom stereocenters. The molecule has 0 aliphatic heterocycles. The van der Waals surface area contributed by atoms with E-state index in [1.807, 2.05) is 0 Å². The van der Waals surface area contributed by atoms with Gasteiger partial charge in [0.15, 0.2) is 0 Å². The van der Waals surface area contributed by atoms with Gasteiger partial charge < -0.3 is 25.6 Å². The molecule has 2 amide bonds. The van der Waals surface area contributed by atoms with E-state index >= 15 is 0 Å². The van der Waals surface area contributed by atoms with Gasteiger partial charge in [-0.3, -0.25) is 14.4 Å². The predicted octanol–water partition coefficient (Wildman–Crippen LogP) is 8.42. The van der Waals surface area contributed by atoms with E-state index in [0.717, 1.165) is 70.6 Å². The van der Waals surface area contributed by atoms with Crippen LogP contribution in [-0.2, 0) is 23.9 Å². The molecule has 0 radical (unpaired) electrons. The number of unbranched alkanes of at least 4 members (excludes halogenated alkanes) is 11. The summed E-state index contributed by atoms with van der Waals surface area (Å²) in [6.45, 7) is 3.32. The Morgan fingerprint density at radius 3 is 1.67 bits per heavy atom. The summed E-state index contributed by atoms with van der Waals surface area (Å²) in [5, 5.41) is 22.5. The van der Waals surface area contributed by atoms with Crippen molar-refractivity contribution >= 4 is 23.8 Å². The molecule has 0 spiro atoms. The zero-order valence-electron chi connectivity index (χ0n) is 30.7. The molecule has 0 saturated heterocycles. The molecule has 2 unspecified atom stereocenters. The maximum Gasteiger partial charge on any atom is 0.328 e. The van der Waals surface area contributed by atoms with E-state index in [4.69, 9.17) is 14.9 Å². The van der Waals surface area contributed by atoms with E-state index in [0.29, 0.717) is 19.3 Å². The highest BCUT2D eigenvalue weighted by molar-refractivity contribution is 5.87. The van der Waals surface area contributed by atoms with Gasteiger partial charge in [-0.2, -0.15) is 0 Å². The Morgan fingerprint density at radius 2 is 1.14 bits per heavy atom. The number of ether oxygens (including phenoxy) is 1. The van der Waals surface area contributed by atoms with Crippen LogP contribution in [0.4, 0.5) is 0 Å². The number of hydrogen-bond acceptors (Lipinski definition) is 6. The Kier molecular flexibility index (Phi) is 32.4. The lowest BCUT2D eigenvalue weighted by atomic mass is 10.0. The Bertz CT molecular complexity index is 974. The molecule has 0 aliphatic carbocycles. The maximum absolute atomic E-state index is 12.6. The summed E-state index contributed by atoms with van der Waals surface area (Å²) in [6.07, 6.45) is 38.6. The number of hydrogen-bond donors (Lipinski definition) is 4. The molecule has 49 heavy (non-hydrogen) atoms. The molecule has 9 nitrogen and oxygen atoms in total. The minimum absolute atomic E-state index is 0.0477. The van der Waals surface area contributed by atoms with Crippen LogP contribution in [0.1, 0.15) is 155 Å². The fourth-order valence-electron chi connectivity index (χ4n) is 5.20. The first kappa shape index (κ1) is 45.8. The number of nitrogens with one attached hydrogen (secondary N) is 2. The number of rotatable bonds is 33. The van der Waals surface area contributed by atoms with E-state index in [2.05, 4.69) is 73.1 Å². The lowest BCUT2D eigenvalue weighted by Gasteiger charge is -2.18. The summed E-state index contributed by atoms with van der Waals surface area (Å²) >= 11 is 0. The van der Waals surface area contributed by atoms with Gasteiger partial charge >= 0.3 is 11.9 Å². The monoisotopic (exact) mass is 689 g/mol. The topological polar surface area (TPSA) is 142 Å². The maximum atomic E-state index is 12.6. The van der Waals surface area contributed by atoms with Crippen LogP contribution in [0.25, 0.3) is 0 Å². The molecule has 0 rings (SSSR count). The molecule has 0 aliphatic rings. The van der Waals surface area contributed by atoms with Crippen molar-refractivity contribution in [1.82, 2.24) is 10.6 Å². The van der Waals surface area contributed by atoms with Crippen LogP contribution in [0.5, 0.6) is 0 Å². The molecule has 9 heteroatoms. The molecule has 0 heterocycles. The van der Waals surface area contributed by atoms with Crippen LogP contribution in [0.3, 0.4) is 0 Å². The molecular weight excluding hydrogens is 620 g/mol. The van der Waals surface area contributed by atoms with Crippen molar-refractivity contribution in [2.24, 2.45) is 0 Å². The highest BCUT2D eigenvalue weighted by atomic mass is 16.5. The van der Waals surface area contributed by atoms with E-state index in [9.17, 15) is 19.2 Å². The average molecular weight is 689 g/mol. The van der Waals surface area contributed by atoms with E-state index in [1.165, 1.54) is 44.9 Å². The lowest BCUT2D eigenvalue weighted by Crippen LogP contribution is -2.47. The minimum Gasteiger partial charge on any atom is -0.480 e. The van der Waals surface area contributed by atoms with E-state index in [1.54, 1.807) is 0 Å². The third-order valence-electron chi connectivity index (χ3n) is 8.10. The van der Waals surface area contributed by atoms with Crippen molar-refractivity contribution in [3.05, 3.63) is 48.6 Å². The van der Waals surface area contributed by atoms with Gasteiger partial charge in [-0.25, -0.2) is 4.79 Å². The second-order valence-corrected chi connectivity index (χ2v) is 12.6. The first-order chi connectivity index (χ1) is 23.8. The van der Waals surface area contributed by atoms with Crippen molar-refractivity contribution in [3.63, 3.8) is 0 Å². The molecule has 280 valence electrons. The van der Waals surface area contributed by atoms with Gasteiger partial charge in [0.05, 0.1) is 13.2 Å². The van der Waals surface area contributed by atoms with Crippen molar-refractivity contribution < 1.29 is 34.1 Å². The number of carboxylic acids is 1. The molecule has 0 saturated carbocycles. The van der Waals surface area contributed by atoms with Crippen LogP contribution in [0.15, 0.2) is 48.6 Å². The number of esters is 1. The number of allylic oxidation sites excluding steroid dienone is 8. The zero-order valence-corrected chi connectivity index (χ0v) is 30.7. The molecule has 0 fully saturated rings. The van der Waals surface area contributed by atoms with Crippen LogP contribution in [0.2, 0.25) is 0 Å². The third kappa shape index (κ3) is 31.8. The van der Waals surface area contributed by atoms with Crippen LogP contribution < -0.4 is 10.6 Å².